The summed E-state index contributed by atoms with van der Waals surface area (Å²) in [7, 11) is 1.71. The number of nitrogens with zero attached hydrogens (tertiary/aromatic N) is 3. The summed E-state index contributed by atoms with van der Waals surface area (Å²) in [5.74, 6) is -0.961. The first-order valence-electron chi connectivity index (χ1n) is 6.35. The minimum absolute atomic E-state index is 0.0790. The van der Waals surface area contributed by atoms with Crippen molar-refractivity contribution in [3.05, 3.63) is 0 Å². The number of hydrogen-bond acceptors (Lipinski definition) is 3. The van der Waals surface area contributed by atoms with Gasteiger partial charge in [-0.15, -0.1) is 0 Å². The lowest BCUT2D eigenvalue weighted by Gasteiger charge is -2.34. The van der Waals surface area contributed by atoms with Crippen molar-refractivity contribution in [1.82, 2.24) is 14.7 Å². The topological polar surface area (TPSA) is 81.2 Å². The minimum Gasteiger partial charge on any atom is -0.481 e. The first-order valence-corrected chi connectivity index (χ1v) is 6.35. The zero-order valence-electron chi connectivity index (χ0n) is 11.3. The molecule has 2 heterocycles. The van der Waals surface area contributed by atoms with E-state index in [4.69, 9.17) is 5.11 Å². The van der Waals surface area contributed by atoms with Crippen molar-refractivity contribution in [2.45, 2.75) is 13.3 Å². The fraction of sp³-hybridized carbons (Fsp3) is 0.750. The number of carboxylic acids is 1. The molecule has 0 spiro atoms. The number of hydrogen-bond donors (Lipinski definition) is 1. The van der Waals surface area contributed by atoms with Gasteiger partial charge in [0.1, 0.15) is 6.54 Å². The maximum Gasteiger partial charge on any atom is 0.320 e. The monoisotopic (exact) mass is 269 g/mol. The van der Waals surface area contributed by atoms with Gasteiger partial charge >= 0.3 is 12.0 Å². The summed E-state index contributed by atoms with van der Waals surface area (Å²) in [6.07, 6.45) is 0.454. The molecule has 7 heteroatoms. The van der Waals surface area contributed by atoms with E-state index in [2.05, 4.69) is 0 Å². The van der Waals surface area contributed by atoms with Crippen LogP contribution in [0.5, 0.6) is 0 Å². The average Bonchev–Trinajstić information content (AvgIpc) is 2.76. The molecule has 0 aliphatic carbocycles. The zero-order valence-corrected chi connectivity index (χ0v) is 11.3. The van der Waals surface area contributed by atoms with E-state index in [1.807, 2.05) is 0 Å². The van der Waals surface area contributed by atoms with Gasteiger partial charge in [0.05, 0.1) is 5.41 Å². The Morgan fingerprint density at radius 2 is 1.89 bits per heavy atom. The molecule has 2 aliphatic rings. The van der Waals surface area contributed by atoms with E-state index in [0.29, 0.717) is 26.1 Å². The van der Waals surface area contributed by atoms with Gasteiger partial charge in [-0.05, 0) is 13.3 Å². The molecule has 2 aliphatic heterocycles. The van der Waals surface area contributed by atoms with Crippen LogP contribution < -0.4 is 0 Å². The van der Waals surface area contributed by atoms with Crippen LogP contribution >= 0.6 is 0 Å². The van der Waals surface area contributed by atoms with Crippen LogP contribution in [0.15, 0.2) is 0 Å². The van der Waals surface area contributed by atoms with Gasteiger partial charge in [-0.3, -0.25) is 9.59 Å². The lowest BCUT2D eigenvalue weighted by atomic mass is 9.90. The highest BCUT2D eigenvalue weighted by Gasteiger charge is 2.43. The second kappa shape index (κ2) is 4.71. The van der Waals surface area contributed by atoms with Gasteiger partial charge < -0.3 is 19.8 Å². The van der Waals surface area contributed by atoms with Crippen LogP contribution in [0.3, 0.4) is 0 Å². The Balaban J connectivity index is 1.98. The molecule has 19 heavy (non-hydrogen) atoms. The Hall–Kier alpha value is -1.79. The third-order valence-electron chi connectivity index (χ3n) is 3.99. The van der Waals surface area contributed by atoms with Gasteiger partial charge in [-0.1, -0.05) is 0 Å². The van der Waals surface area contributed by atoms with Crippen molar-refractivity contribution in [3.8, 4) is 0 Å². The number of aliphatic carboxylic acids is 1. The number of piperazine rings is 1. The first-order chi connectivity index (χ1) is 8.83. The van der Waals surface area contributed by atoms with Crippen LogP contribution in [0.25, 0.3) is 0 Å². The Morgan fingerprint density at radius 1 is 1.21 bits per heavy atom. The molecule has 106 valence electrons. The van der Waals surface area contributed by atoms with E-state index >= 15 is 0 Å². The Labute approximate surface area is 111 Å². The minimum atomic E-state index is -0.878. The van der Waals surface area contributed by atoms with E-state index < -0.39 is 11.4 Å². The lowest BCUT2D eigenvalue weighted by Crippen LogP contribution is -2.54. The third-order valence-corrected chi connectivity index (χ3v) is 3.99. The summed E-state index contributed by atoms with van der Waals surface area (Å²) in [6, 6.07) is -0.230. The normalized spacial score (nSPS) is 27.9. The Morgan fingerprint density at radius 3 is 2.42 bits per heavy atom. The van der Waals surface area contributed by atoms with Crippen LogP contribution in [0.2, 0.25) is 0 Å². The highest BCUT2D eigenvalue weighted by Crippen LogP contribution is 2.30. The molecule has 1 atom stereocenters. The van der Waals surface area contributed by atoms with Crippen molar-refractivity contribution in [2.75, 3.05) is 39.8 Å². The van der Waals surface area contributed by atoms with Crippen molar-refractivity contribution >= 4 is 17.9 Å². The van der Waals surface area contributed by atoms with Gasteiger partial charge in [0.15, 0.2) is 0 Å². The lowest BCUT2D eigenvalue weighted by molar-refractivity contribution is -0.147. The second-order valence-corrected chi connectivity index (χ2v) is 5.56. The van der Waals surface area contributed by atoms with Crippen molar-refractivity contribution in [3.63, 3.8) is 0 Å². The summed E-state index contributed by atoms with van der Waals surface area (Å²) in [6.45, 7) is 3.40. The SMILES string of the molecule is CN1CCN(C(=O)N2CCC(C)(C(=O)O)C2)CC1=O. The molecule has 7 nitrogen and oxygen atoms in total. The quantitative estimate of drug-likeness (QED) is 0.707. The predicted molar refractivity (Wildman–Crippen MR) is 66.5 cm³/mol. The van der Waals surface area contributed by atoms with Crippen LogP contribution in [-0.4, -0.2) is 77.5 Å². The van der Waals surface area contributed by atoms with Gasteiger partial charge in [-0.2, -0.15) is 0 Å². The molecule has 0 bridgehead atoms. The van der Waals surface area contributed by atoms with Crippen molar-refractivity contribution < 1.29 is 19.5 Å². The molecular weight excluding hydrogens is 250 g/mol. The van der Waals surface area contributed by atoms with Crippen molar-refractivity contribution in [1.29, 1.82) is 0 Å². The summed E-state index contributed by atoms with van der Waals surface area (Å²) in [4.78, 5) is 39.6. The van der Waals surface area contributed by atoms with Crippen LogP contribution in [-0.2, 0) is 9.59 Å². The van der Waals surface area contributed by atoms with Gasteiger partial charge in [-0.25, -0.2) is 4.79 Å². The van der Waals surface area contributed by atoms with E-state index in [9.17, 15) is 14.4 Å². The predicted octanol–water partition coefficient (Wildman–Crippen LogP) is -0.323. The molecule has 0 aromatic heterocycles. The number of carbonyl (C=O) groups excluding carboxylic acids is 2. The summed E-state index contributed by atoms with van der Waals surface area (Å²) >= 11 is 0. The molecule has 2 fully saturated rings. The molecule has 0 radical (unpaired) electrons. The highest BCUT2D eigenvalue weighted by atomic mass is 16.4. The number of amides is 3. The maximum atomic E-state index is 12.3. The number of rotatable bonds is 1. The summed E-state index contributed by atoms with van der Waals surface area (Å²) in [5.41, 5.74) is -0.869. The van der Waals surface area contributed by atoms with Crippen LogP contribution in [0, 0.1) is 5.41 Å². The highest BCUT2D eigenvalue weighted by molar-refractivity contribution is 5.86. The number of likely N-dealkylation sites (N-methyl/N-ethyl adjacent to an activating group) is 1. The molecule has 0 aromatic carbocycles. The van der Waals surface area contributed by atoms with E-state index in [0.717, 1.165) is 0 Å². The van der Waals surface area contributed by atoms with Gasteiger partial charge in [0.25, 0.3) is 0 Å². The van der Waals surface area contributed by atoms with E-state index in [-0.39, 0.29) is 25.0 Å². The average molecular weight is 269 g/mol. The zero-order chi connectivity index (χ0) is 14.2. The molecule has 3 amide bonds. The Kier molecular flexibility index (Phi) is 3.38. The number of urea groups is 1. The molecular formula is C12H19N3O4. The fourth-order valence-corrected chi connectivity index (χ4v) is 2.42. The number of carboxylic acid groups (broad SMARTS) is 1. The molecule has 1 N–H and O–H groups in total. The van der Waals surface area contributed by atoms with Crippen molar-refractivity contribution in [2.24, 2.45) is 5.41 Å². The number of carbonyl (C=O) groups is 3. The van der Waals surface area contributed by atoms with E-state index in [1.165, 1.54) is 9.80 Å². The maximum absolute atomic E-state index is 12.3. The molecule has 2 rings (SSSR count). The third kappa shape index (κ3) is 2.50. The molecule has 0 aromatic rings. The Bertz CT molecular complexity index is 425. The molecule has 2 saturated heterocycles. The molecule has 1 unspecified atom stereocenters. The summed E-state index contributed by atoms with van der Waals surface area (Å²) in [5, 5.41) is 9.15. The fourth-order valence-electron chi connectivity index (χ4n) is 2.42. The van der Waals surface area contributed by atoms with E-state index in [1.54, 1.807) is 18.9 Å². The smallest absolute Gasteiger partial charge is 0.320 e. The first kappa shape index (κ1) is 13.6. The second-order valence-electron chi connectivity index (χ2n) is 5.56. The standard InChI is InChI=1S/C12H19N3O4/c1-12(10(17)18)3-4-15(8-12)11(19)14-6-5-13(2)9(16)7-14/h3-8H2,1-2H3,(H,17,18). The summed E-state index contributed by atoms with van der Waals surface area (Å²) < 4.78 is 0. The van der Waals surface area contributed by atoms with Crippen LogP contribution in [0.1, 0.15) is 13.3 Å². The van der Waals surface area contributed by atoms with Gasteiger partial charge in [0, 0.05) is 33.2 Å². The van der Waals surface area contributed by atoms with Crippen LogP contribution in [0.4, 0.5) is 4.79 Å². The number of likely N-dealkylation sites (tertiary alicyclic amines) is 1. The molecule has 0 saturated carbocycles. The van der Waals surface area contributed by atoms with Gasteiger partial charge in [0.2, 0.25) is 5.91 Å². The largest absolute Gasteiger partial charge is 0.481 e.